The number of likely N-dealkylation sites (tertiary alicyclic amines) is 1. The molecule has 110 valence electrons. The highest BCUT2D eigenvalue weighted by atomic mass is 16.5. The van der Waals surface area contributed by atoms with Crippen molar-refractivity contribution in [3.63, 3.8) is 0 Å². The third kappa shape index (κ3) is 4.49. The average Bonchev–Trinajstić information content (AvgIpc) is 2.72. The minimum atomic E-state index is -0.217. The van der Waals surface area contributed by atoms with Crippen LogP contribution in [0.2, 0.25) is 0 Å². The highest BCUT2D eigenvalue weighted by Crippen LogP contribution is 2.20. The number of ether oxygens (including phenoxy) is 1. The van der Waals surface area contributed by atoms with E-state index in [4.69, 9.17) is 4.74 Å². The molecule has 0 bridgehead atoms. The van der Waals surface area contributed by atoms with Gasteiger partial charge in [0, 0.05) is 26.1 Å². The largest absolute Gasteiger partial charge is 0.383 e. The molecule has 1 N–H and O–H groups in total. The number of nitrogens with one attached hydrogen (secondary N) is 1. The van der Waals surface area contributed by atoms with Crippen LogP contribution < -0.4 is 5.32 Å². The predicted octanol–water partition coefficient (Wildman–Crippen LogP) is 1.17. The van der Waals surface area contributed by atoms with Gasteiger partial charge in [-0.3, -0.25) is 9.59 Å². The smallest absolute Gasteiger partial charge is 0.225 e. The van der Waals surface area contributed by atoms with Crippen molar-refractivity contribution in [2.24, 2.45) is 5.92 Å². The highest BCUT2D eigenvalue weighted by molar-refractivity contribution is 5.89. The van der Waals surface area contributed by atoms with Crippen molar-refractivity contribution in [3.8, 4) is 0 Å². The fourth-order valence-electron chi connectivity index (χ4n) is 2.53. The summed E-state index contributed by atoms with van der Waals surface area (Å²) in [5.41, 5.74) is 0. The minimum Gasteiger partial charge on any atom is -0.383 e. The van der Waals surface area contributed by atoms with Gasteiger partial charge in [-0.25, -0.2) is 0 Å². The van der Waals surface area contributed by atoms with Crippen LogP contribution >= 0.6 is 0 Å². The van der Waals surface area contributed by atoms with Crippen LogP contribution in [-0.2, 0) is 14.3 Å². The summed E-state index contributed by atoms with van der Waals surface area (Å²) in [6.45, 7) is 7.06. The van der Waals surface area contributed by atoms with Gasteiger partial charge in [0.25, 0.3) is 0 Å². The first-order chi connectivity index (χ1) is 8.99. The monoisotopic (exact) mass is 270 g/mol. The van der Waals surface area contributed by atoms with Gasteiger partial charge in [0.15, 0.2) is 0 Å². The fraction of sp³-hybridized carbons (Fsp3) is 0.857. The van der Waals surface area contributed by atoms with Gasteiger partial charge in [-0.15, -0.1) is 0 Å². The molecule has 0 aliphatic carbocycles. The van der Waals surface area contributed by atoms with Gasteiger partial charge in [0.2, 0.25) is 11.8 Å². The Bertz CT molecular complexity index is 320. The van der Waals surface area contributed by atoms with E-state index < -0.39 is 0 Å². The van der Waals surface area contributed by atoms with E-state index in [9.17, 15) is 9.59 Å². The lowest BCUT2D eigenvalue weighted by Crippen LogP contribution is -2.40. The summed E-state index contributed by atoms with van der Waals surface area (Å²) in [5, 5.41) is 2.99. The first-order valence-electron chi connectivity index (χ1n) is 7.08. The topological polar surface area (TPSA) is 58.6 Å². The Morgan fingerprint density at radius 2 is 2.21 bits per heavy atom. The molecule has 0 unspecified atom stereocenters. The molecule has 1 rings (SSSR count). The van der Waals surface area contributed by atoms with Crippen molar-refractivity contribution < 1.29 is 14.3 Å². The maximum atomic E-state index is 12.1. The zero-order valence-electron chi connectivity index (χ0n) is 12.4. The van der Waals surface area contributed by atoms with E-state index in [1.165, 1.54) is 0 Å². The first kappa shape index (κ1) is 16.0. The lowest BCUT2D eigenvalue weighted by Gasteiger charge is -2.24. The second-order valence-electron chi connectivity index (χ2n) is 5.45. The summed E-state index contributed by atoms with van der Waals surface area (Å²) in [6.07, 6.45) is 2.33. The molecule has 0 saturated carbocycles. The number of hydrogen-bond donors (Lipinski definition) is 1. The van der Waals surface area contributed by atoms with Crippen molar-refractivity contribution >= 4 is 11.8 Å². The van der Waals surface area contributed by atoms with Crippen molar-refractivity contribution in [2.45, 2.75) is 52.1 Å². The zero-order chi connectivity index (χ0) is 14.4. The maximum Gasteiger partial charge on any atom is 0.225 e. The number of hydrogen-bond acceptors (Lipinski definition) is 3. The summed E-state index contributed by atoms with van der Waals surface area (Å²) in [5.74, 6) is -0.166. The van der Waals surface area contributed by atoms with Crippen LogP contribution in [0.3, 0.4) is 0 Å². The Balaban J connectivity index is 2.49. The fourth-order valence-corrected chi connectivity index (χ4v) is 2.53. The molecule has 3 atom stereocenters. The molecule has 5 heteroatoms. The van der Waals surface area contributed by atoms with Crippen LogP contribution in [0.15, 0.2) is 0 Å². The van der Waals surface area contributed by atoms with Gasteiger partial charge in [0.05, 0.1) is 18.6 Å². The van der Waals surface area contributed by atoms with Crippen molar-refractivity contribution in [1.82, 2.24) is 10.2 Å². The number of carbonyl (C=O) groups excluding carboxylic acids is 2. The molecule has 0 radical (unpaired) electrons. The van der Waals surface area contributed by atoms with Crippen molar-refractivity contribution in [3.05, 3.63) is 0 Å². The minimum absolute atomic E-state index is 0.00131. The molecule has 1 heterocycles. The molecule has 0 spiro atoms. The van der Waals surface area contributed by atoms with E-state index in [1.807, 2.05) is 13.8 Å². The molecular formula is C14H26N2O3. The number of nitrogens with zero attached hydrogens (tertiary/aromatic N) is 1. The summed E-state index contributed by atoms with van der Waals surface area (Å²) in [4.78, 5) is 25.7. The van der Waals surface area contributed by atoms with Gasteiger partial charge in [-0.1, -0.05) is 13.3 Å². The average molecular weight is 270 g/mol. The van der Waals surface area contributed by atoms with Gasteiger partial charge in [-0.2, -0.15) is 0 Å². The molecule has 19 heavy (non-hydrogen) atoms. The Labute approximate surface area is 115 Å². The van der Waals surface area contributed by atoms with E-state index in [1.54, 1.807) is 12.0 Å². The molecule has 1 aliphatic rings. The van der Waals surface area contributed by atoms with E-state index >= 15 is 0 Å². The number of amides is 2. The molecule has 0 aromatic rings. The van der Waals surface area contributed by atoms with Crippen LogP contribution in [0.5, 0.6) is 0 Å². The van der Waals surface area contributed by atoms with Crippen LogP contribution in [-0.4, -0.2) is 49.1 Å². The van der Waals surface area contributed by atoms with Crippen LogP contribution in [0, 0.1) is 5.92 Å². The standard InChI is InChI=1S/C14H26N2O3/c1-5-6-10(2)15-14(18)12-7-13(17)16(8-12)11(3)9-19-4/h10-12H,5-9H2,1-4H3,(H,15,18)/t10-,11-,12+/m0/s1. The van der Waals surface area contributed by atoms with Gasteiger partial charge >= 0.3 is 0 Å². The predicted molar refractivity (Wildman–Crippen MR) is 73.7 cm³/mol. The summed E-state index contributed by atoms with van der Waals surface area (Å²) in [7, 11) is 1.62. The molecule has 2 amide bonds. The molecule has 0 aromatic heterocycles. The van der Waals surface area contributed by atoms with Crippen molar-refractivity contribution in [2.75, 3.05) is 20.3 Å². The van der Waals surface area contributed by atoms with Crippen LogP contribution in [0.4, 0.5) is 0 Å². The summed E-state index contributed by atoms with van der Waals surface area (Å²) >= 11 is 0. The SMILES string of the molecule is CCC[C@H](C)NC(=O)[C@@H]1CC(=O)N([C@@H](C)COC)C1. The Hall–Kier alpha value is -1.10. The highest BCUT2D eigenvalue weighted by Gasteiger charge is 2.36. The van der Waals surface area contributed by atoms with Gasteiger partial charge < -0.3 is 15.0 Å². The van der Waals surface area contributed by atoms with Crippen LogP contribution in [0.1, 0.15) is 40.0 Å². The molecule has 1 saturated heterocycles. The van der Waals surface area contributed by atoms with Gasteiger partial charge in [-0.05, 0) is 20.3 Å². The Morgan fingerprint density at radius 1 is 1.53 bits per heavy atom. The summed E-state index contributed by atoms with van der Waals surface area (Å²) < 4.78 is 5.06. The molecule has 0 aromatic carbocycles. The summed E-state index contributed by atoms with van der Waals surface area (Å²) in [6, 6.07) is 0.210. The molecule has 1 fully saturated rings. The number of methoxy groups -OCH3 is 1. The Morgan fingerprint density at radius 3 is 2.79 bits per heavy atom. The quantitative estimate of drug-likeness (QED) is 0.755. The number of carbonyl (C=O) groups is 2. The molecular weight excluding hydrogens is 244 g/mol. The molecule has 1 aliphatic heterocycles. The van der Waals surface area contributed by atoms with E-state index in [0.29, 0.717) is 19.6 Å². The second-order valence-corrected chi connectivity index (χ2v) is 5.45. The van der Waals surface area contributed by atoms with E-state index in [2.05, 4.69) is 12.2 Å². The Kier molecular flexibility index (Phi) is 6.28. The maximum absolute atomic E-state index is 12.1. The van der Waals surface area contributed by atoms with Crippen molar-refractivity contribution in [1.29, 1.82) is 0 Å². The van der Waals surface area contributed by atoms with E-state index in [0.717, 1.165) is 12.8 Å². The van der Waals surface area contributed by atoms with E-state index in [-0.39, 0.29) is 29.8 Å². The zero-order valence-corrected chi connectivity index (χ0v) is 12.4. The lowest BCUT2D eigenvalue weighted by atomic mass is 10.1. The molecule has 5 nitrogen and oxygen atoms in total. The normalized spacial score (nSPS) is 22.4. The third-order valence-electron chi connectivity index (χ3n) is 3.58. The number of rotatable bonds is 7. The van der Waals surface area contributed by atoms with Gasteiger partial charge in [0.1, 0.15) is 0 Å². The lowest BCUT2D eigenvalue weighted by molar-refractivity contribution is -0.130. The first-order valence-corrected chi connectivity index (χ1v) is 7.08. The second kappa shape index (κ2) is 7.48. The van der Waals surface area contributed by atoms with Crippen LogP contribution in [0.25, 0.3) is 0 Å². The third-order valence-corrected chi connectivity index (χ3v) is 3.58.